The fraction of sp³-hybridized carbons (Fsp3) is 0.318. The van der Waals surface area contributed by atoms with E-state index in [1.807, 2.05) is 45.9 Å². The molecule has 0 unspecified atom stereocenters. The van der Waals surface area contributed by atoms with Gasteiger partial charge < -0.3 is 14.8 Å². The van der Waals surface area contributed by atoms with Crippen molar-refractivity contribution in [3.63, 3.8) is 0 Å². The number of carbonyl (C=O) groups is 2. The molecule has 8 heteroatoms. The second-order valence-electron chi connectivity index (χ2n) is 6.76. The Morgan fingerprint density at radius 2 is 1.93 bits per heavy atom. The van der Waals surface area contributed by atoms with Crippen molar-refractivity contribution in [2.75, 3.05) is 11.9 Å². The van der Waals surface area contributed by atoms with Crippen molar-refractivity contribution in [2.24, 2.45) is 5.10 Å². The van der Waals surface area contributed by atoms with Gasteiger partial charge in [-0.05, 0) is 73.0 Å². The predicted molar refractivity (Wildman–Crippen MR) is 121 cm³/mol. The van der Waals surface area contributed by atoms with Gasteiger partial charge in [-0.15, -0.1) is 0 Å². The number of rotatable bonds is 9. The molecule has 0 spiro atoms. The third-order valence-electron chi connectivity index (χ3n) is 3.83. The summed E-state index contributed by atoms with van der Waals surface area (Å²) in [5, 5.41) is 6.64. The molecule has 2 amide bonds. The summed E-state index contributed by atoms with van der Waals surface area (Å²) in [6, 6.07) is 10.9. The molecule has 0 saturated carbocycles. The van der Waals surface area contributed by atoms with Crippen LogP contribution in [0.5, 0.6) is 11.5 Å². The summed E-state index contributed by atoms with van der Waals surface area (Å²) >= 11 is 3.48. The first-order valence-corrected chi connectivity index (χ1v) is 10.4. The molecule has 2 aromatic carbocycles. The number of amides is 2. The Morgan fingerprint density at radius 1 is 1.20 bits per heavy atom. The third kappa shape index (κ3) is 7.18. The second-order valence-corrected chi connectivity index (χ2v) is 7.62. The molecular formula is C22H26BrN3O4. The van der Waals surface area contributed by atoms with E-state index in [0.29, 0.717) is 33.8 Å². The molecule has 0 saturated heterocycles. The standard InChI is InChI=1S/C22H26BrN3O4/c1-5-29-19-11-16(10-17(23)22(19)30-14(2)3)13-24-26-21(28)12-20(27)25-18-9-7-6-8-15(18)4/h6-11,13-14H,5,12H2,1-4H3,(H,25,27)(H,26,28). The molecule has 0 aliphatic heterocycles. The topological polar surface area (TPSA) is 89.0 Å². The first-order valence-electron chi connectivity index (χ1n) is 9.60. The van der Waals surface area contributed by atoms with E-state index in [4.69, 9.17) is 9.47 Å². The SMILES string of the molecule is CCOc1cc(C=NNC(=O)CC(=O)Nc2ccccc2C)cc(Br)c1OC(C)C. The van der Waals surface area contributed by atoms with Crippen molar-refractivity contribution >= 4 is 39.6 Å². The molecule has 0 bridgehead atoms. The van der Waals surface area contributed by atoms with Crippen molar-refractivity contribution in [3.8, 4) is 11.5 Å². The number of nitrogens with one attached hydrogen (secondary N) is 2. The van der Waals surface area contributed by atoms with Crippen LogP contribution in [0.15, 0.2) is 46.0 Å². The highest BCUT2D eigenvalue weighted by molar-refractivity contribution is 9.10. The predicted octanol–water partition coefficient (Wildman–Crippen LogP) is 4.42. The Bertz CT molecular complexity index is 929. The number of aryl methyl sites for hydroxylation is 1. The van der Waals surface area contributed by atoms with Gasteiger partial charge in [-0.1, -0.05) is 18.2 Å². The molecule has 7 nitrogen and oxygen atoms in total. The van der Waals surface area contributed by atoms with Crippen molar-refractivity contribution in [1.29, 1.82) is 0 Å². The lowest BCUT2D eigenvalue weighted by molar-refractivity contribution is -0.126. The lowest BCUT2D eigenvalue weighted by Crippen LogP contribution is -2.24. The number of halogens is 1. The van der Waals surface area contributed by atoms with E-state index in [1.165, 1.54) is 6.21 Å². The molecule has 0 aliphatic carbocycles. The summed E-state index contributed by atoms with van der Waals surface area (Å²) in [6.45, 7) is 8.11. The third-order valence-corrected chi connectivity index (χ3v) is 4.42. The van der Waals surface area contributed by atoms with Crippen LogP contribution < -0.4 is 20.2 Å². The van der Waals surface area contributed by atoms with Gasteiger partial charge in [0.05, 0.1) is 23.4 Å². The molecule has 160 valence electrons. The van der Waals surface area contributed by atoms with Gasteiger partial charge in [0.15, 0.2) is 11.5 Å². The Kier molecular flexibility index (Phi) is 8.86. The number of anilines is 1. The van der Waals surface area contributed by atoms with Crippen LogP contribution in [0.1, 0.15) is 38.3 Å². The average molecular weight is 476 g/mol. The first kappa shape index (κ1) is 23.4. The lowest BCUT2D eigenvalue weighted by Gasteiger charge is -2.16. The summed E-state index contributed by atoms with van der Waals surface area (Å²) in [6.07, 6.45) is 1.13. The van der Waals surface area contributed by atoms with Crippen LogP contribution in [0, 0.1) is 6.92 Å². The maximum absolute atomic E-state index is 12.0. The lowest BCUT2D eigenvalue weighted by atomic mass is 10.2. The van der Waals surface area contributed by atoms with Gasteiger partial charge in [0.25, 0.3) is 0 Å². The molecule has 0 heterocycles. The number of hydrogen-bond acceptors (Lipinski definition) is 5. The van der Waals surface area contributed by atoms with Crippen LogP contribution in [0.4, 0.5) is 5.69 Å². The van der Waals surface area contributed by atoms with Crippen LogP contribution in [0.2, 0.25) is 0 Å². The van der Waals surface area contributed by atoms with Gasteiger partial charge in [0, 0.05) is 5.69 Å². The van der Waals surface area contributed by atoms with Crippen LogP contribution in [-0.2, 0) is 9.59 Å². The van der Waals surface area contributed by atoms with Gasteiger partial charge in [0.1, 0.15) is 6.42 Å². The molecular weight excluding hydrogens is 450 g/mol. The molecule has 2 N–H and O–H groups in total. The Balaban J connectivity index is 1.97. The highest BCUT2D eigenvalue weighted by Gasteiger charge is 2.14. The molecule has 0 radical (unpaired) electrons. The number of carbonyl (C=O) groups excluding carboxylic acids is 2. The quantitative estimate of drug-likeness (QED) is 0.319. The second kappa shape index (κ2) is 11.3. The van der Waals surface area contributed by atoms with Crippen molar-refractivity contribution in [3.05, 3.63) is 52.0 Å². The highest BCUT2D eigenvalue weighted by Crippen LogP contribution is 2.37. The number of hydrazone groups is 1. The minimum atomic E-state index is -0.513. The summed E-state index contributed by atoms with van der Waals surface area (Å²) in [4.78, 5) is 24.0. The average Bonchev–Trinajstić information content (AvgIpc) is 2.66. The van der Waals surface area contributed by atoms with Crippen LogP contribution in [0.25, 0.3) is 0 Å². The van der Waals surface area contributed by atoms with E-state index in [9.17, 15) is 9.59 Å². The van der Waals surface area contributed by atoms with E-state index in [0.717, 1.165) is 5.56 Å². The summed E-state index contributed by atoms with van der Waals surface area (Å²) in [7, 11) is 0. The molecule has 0 aliphatic rings. The maximum atomic E-state index is 12.0. The van der Waals surface area contributed by atoms with E-state index in [-0.39, 0.29) is 12.5 Å². The maximum Gasteiger partial charge on any atom is 0.249 e. The summed E-state index contributed by atoms with van der Waals surface area (Å²) in [5.41, 5.74) is 4.66. The molecule has 30 heavy (non-hydrogen) atoms. The number of ether oxygens (including phenoxy) is 2. The Morgan fingerprint density at radius 3 is 2.60 bits per heavy atom. The van der Waals surface area contributed by atoms with E-state index < -0.39 is 11.8 Å². The molecule has 2 rings (SSSR count). The molecule has 0 atom stereocenters. The van der Waals surface area contributed by atoms with Crippen molar-refractivity contribution in [2.45, 2.75) is 40.2 Å². The van der Waals surface area contributed by atoms with Gasteiger partial charge in [-0.25, -0.2) is 5.43 Å². The van der Waals surface area contributed by atoms with Crippen molar-refractivity contribution < 1.29 is 19.1 Å². The van der Waals surface area contributed by atoms with E-state index in [2.05, 4.69) is 31.8 Å². The number of nitrogens with zero attached hydrogens (tertiary/aromatic N) is 1. The fourth-order valence-corrected chi connectivity index (χ4v) is 3.10. The number of benzene rings is 2. The monoisotopic (exact) mass is 475 g/mol. The minimum Gasteiger partial charge on any atom is -0.490 e. The zero-order valence-electron chi connectivity index (χ0n) is 17.5. The van der Waals surface area contributed by atoms with Gasteiger partial charge >= 0.3 is 0 Å². The van der Waals surface area contributed by atoms with E-state index in [1.54, 1.807) is 18.2 Å². The number of hydrogen-bond donors (Lipinski definition) is 2. The van der Waals surface area contributed by atoms with Gasteiger partial charge in [0.2, 0.25) is 11.8 Å². The zero-order valence-corrected chi connectivity index (χ0v) is 19.1. The molecule has 0 aromatic heterocycles. The highest BCUT2D eigenvalue weighted by atomic mass is 79.9. The van der Waals surface area contributed by atoms with E-state index >= 15 is 0 Å². The Labute approximate surface area is 185 Å². The Hall–Kier alpha value is -2.87. The zero-order chi connectivity index (χ0) is 22.1. The van der Waals surface area contributed by atoms with Crippen LogP contribution in [-0.4, -0.2) is 30.7 Å². The minimum absolute atomic E-state index is 0.00914. The molecule has 0 fully saturated rings. The van der Waals surface area contributed by atoms with Crippen molar-refractivity contribution in [1.82, 2.24) is 5.43 Å². The normalized spacial score (nSPS) is 10.9. The first-order chi connectivity index (χ1) is 14.3. The van der Waals surface area contributed by atoms with Gasteiger partial charge in [-0.3, -0.25) is 9.59 Å². The fourth-order valence-electron chi connectivity index (χ4n) is 2.55. The van der Waals surface area contributed by atoms with Gasteiger partial charge in [-0.2, -0.15) is 5.10 Å². The van der Waals surface area contributed by atoms with Crippen LogP contribution in [0.3, 0.4) is 0 Å². The smallest absolute Gasteiger partial charge is 0.249 e. The number of para-hydroxylation sites is 1. The summed E-state index contributed by atoms with van der Waals surface area (Å²) in [5.74, 6) is 0.265. The van der Waals surface area contributed by atoms with Crippen LogP contribution >= 0.6 is 15.9 Å². The summed E-state index contributed by atoms with van der Waals surface area (Å²) < 4.78 is 12.2. The largest absolute Gasteiger partial charge is 0.490 e. The molecule has 2 aromatic rings.